The van der Waals surface area contributed by atoms with Gasteiger partial charge >= 0.3 is 0 Å². The maximum Gasteiger partial charge on any atom is 0.220 e. The molecule has 0 rings (SSSR count). The summed E-state index contributed by atoms with van der Waals surface area (Å²) in [6.45, 7) is 4.28. The van der Waals surface area contributed by atoms with Crippen LogP contribution < -0.4 is 5.32 Å². The molecule has 4 nitrogen and oxygen atoms in total. The zero-order valence-corrected chi connectivity index (χ0v) is 35.3. The first-order chi connectivity index (χ1) is 25.7. The normalized spacial score (nSPS) is 13.1. The third kappa shape index (κ3) is 40.1. The van der Waals surface area contributed by atoms with Gasteiger partial charge in [0, 0.05) is 6.42 Å². The highest BCUT2D eigenvalue weighted by Gasteiger charge is 2.17. The van der Waals surface area contributed by atoms with E-state index in [4.69, 9.17) is 0 Å². The standard InChI is InChI=1S/C48H93NO3/c1-3-5-7-9-11-13-15-16-17-18-19-20-21-22-23-24-25-26-27-28-29-30-31-32-33-34-36-38-40-42-44-48(52)49-46(45-50)47(51)43-41-39-37-35-14-12-10-8-6-4-2/h14,35,41,43,46-47,50-51H,3-13,15-34,36-40,42,44-45H2,1-2H3,(H,49,52)/b35-14+,43-41+. The molecule has 4 heteroatoms. The maximum atomic E-state index is 12.4. The molecule has 2 unspecified atom stereocenters. The highest BCUT2D eigenvalue weighted by atomic mass is 16.3. The lowest BCUT2D eigenvalue weighted by molar-refractivity contribution is -0.123. The number of carbonyl (C=O) groups is 1. The van der Waals surface area contributed by atoms with Crippen molar-refractivity contribution in [1.29, 1.82) is 0 Å². The van der Waals surface area contributed by atoms with E-state index in [0.29, 0.717) is 6.42 Å². The van der Waals surface area contributed by atoms with Gasteiger partial charge in [-0.1, -0.05) is 244 Å². The maximum absolute atomic E-state index is 12.4. The molecule has 0 heterocycles. The molecule has 0 aliphatic rings. The Labute approximate surface area is 326 Å². The molecule has 0 aromatic carbocycles. The molecule has 0 bridgehead atoms. The number of aliphatic hydroxyl groups is 2. The number of allylic oxidation sites excluding steroid dienone is 3. The van der Waals surface area contributed by atoms with E-state index in [9.17, 15) is 15.0 Å². The van der Waals surface area contributed by atoms with E-state index < -0.39 is 12.1 Å². The van der Waals surface area contributed by atoms with Crippen molar-refractivity contribution in [1.82, 2.24) is 5.32 Å². The number of rotatable bonds is 43. The van der Waals surface area contributed by atoms with Crippen LogP contribution in [-0.2, 0) is 4.79 Å². The SMILES string of the molecule is CCCCCC/C=C/CC/C=C/C(O)C(CO)NC(=O)CCCCCCCCCCCCCCCCCCCCCCCCCCCCCCCC. The lowest BCUT2D eigenvalue weighted by Crippen LogP contribution is -2.45. The lowest BCUT2D eigenvalue weighted by Gasteiger charge is -2.19. The minimum Gasteiger partial charge on any atom is -0.394 e. The molecule has 0 saturated heterocycles. The second-order valence-corrected chi connectivity index (χ2v) is 16.2. The Balaban J connectivity index is 3.40. The predicted molar refractivity (Wildman–Crippen MR) is 230 cm³/mol. The number of nitrogens with one attached hydrogen (secondary N) is 1. The molecule has 3 N–H and O–H groups in total. The van der Waals surface area contributed by atoms with Crippen LogP contribution in [0.3, 0.4) is 0 Å². The summed E-state index contributed by atoms with van der Waals surface area (Å²) in [5.41, 5.74) is 0. The topological polar surface area (TPSA) is 69.6 Å². The third-order valence-corrected chi connectivity index (χ3v) is 10.9. The Morgan fingerprint density at radius 2 is 0.750 bits per heavy atom. The van der Waals surface area contributed by atoms with Crippen LogP contribution in [0, 0.1) is 0 Å². The molecular formula is C48H93NO3. The van der Waals surface area contributed by atoms with E-state index >= 15 is 0 Å². The quantitative estimate of drug-likeness (QED) is 0.0432. The van der Waals surface area contributed by atoms with Crippen molar-refractivity contribution in [2.75, 3.05) is 6.61 Å². The molecule has 0 spiro atoms. The zero-order valence-electron chi connectivity index (χ0n) is 35.3. The van der Waals surface area contributed by atoms with Gasteiger partial charge in [0.25, 0.3) is 0 Å². The first kappa shape index (κ1) is 50.9. The monoisotopic (exact) mass is 732 g/mol. The highest BCUT2D eigenvalue weighted by Crippen LogP contribution is 2.17. The smallest absolute Gasteiger partial charge is 0.220 e. The largest absolute Gasteiger partial charge is 0.394 e. The summed E-state index contributed by atoms with van der Waals surface area (Å²) in [5, 5.41) is 22.9. The minimum absolute atomic E-state index is 0.0716. The summed E-state index contributed by atoms with van der Waals surface area (Å²) in [6.07, 6.45) is 57.5. The van der Waals surface area contributed by atoms with Gasteiger partial charge in [0.05, 0.1) is 18.8 Å². The van der Waals surface area contributed by atoms with Crippen LogP contribution in [0.2, 0.25) is 0 Å². The summed E-state index contributed by atoms with van der Waals surface area (Å²) in [6, 6.07) is -0.633. The summed E-state index contributed by atoms with van der Waals surface area (Å²) in [4.78, 5) is 12.4. The lowest BCUT2D eigenvalue weighted by atomic mass is 10.0. The average Bonchev–Trinajstić information content (AvgIpc) is 3.15. The molecular weight excluding hydrogens is 639 g/mol. The molecule has 0 radical (unpaired) electrons. The molecule has 52 heavy (non-hydrogen) atoms. The Morgan fingerprint density at radius 1 is 0.442 bits per heavy atom. The molecule has 0 saturated carbocycles. The van der Waals surface area contributed by atoms with Crippen LogP contribution in [0.15, 0.2) is 24.3 Å². The molecule has 0 aliphatic carbocycles. The van der Waals surface area contributed by atoms with Gasteiger partial charge in [-0.05, 0) is 32.1 Å². The summed E-state index contributed by atoms with van der Waals surface area (Å²) in [7, 11) is 0. The Morgan fingerprint density at radius 3 is 1.12 bits per heavy atom. The molecule has 0 aromatic rings. The Kier molecular flexibility index (Phi) is 43.3. The van der Waals surface area contributed by atoms with Gasteiger partial charge < -0.3 is 15.5 Å². The van der Waals surface area contributed by atoms with Crippen LogP contribution in [-0.4, -0.2) is 34.9 Å². The fraction of sp³-hybridized carbons (Fsp3) is 0.896. The van der Waals surface area contributed by atoms with E-state index in [1.165, 1.54) is 205 Å². The Hall–Kier alpha value is -1.13. The van der Waals surface area contributed by atoms with Crippen molar-refractivity contribution in [3.05, 3.63) is 24.3 Å². The van der Waals surface area contributed by atoms with Crippen molar-refractivity contribution >= 4 is 5.91 Å². The van der Waals surface area contributed by atoms with Crippen molar-refractivity contribution in [2.45, 2.75) is 270 Å². The second kappa shape index (κ2) is 44.3. The van der Waals surface area contributed by atoms with Gasteiger partial charge in [-0.15, -0.1) is 0 Å². The van der Waals surface area contributed by atoms with Crippen molar-refractivity contribution in [2.24, 2.45) is 0 Å². The molecule has 0 aliphatic heterocycles. The molecule has 0 fully saturated rings. The van der Waals surface area contributed by atoms with E-state index in [1.807, 2.05) is 6.08 Å². The van der Waals surface area contributed by atoms with E-state index in [-0.39, 0.29) is 12.5 Å². The molecule has 308 valence electrons. The summed E-state index contributed by atoms with van der Waals surface area (Å²) >= 11 is 0. The van der Waals surface area contributed by atoms with Crippen LogP contribution >= 0.6 is 0 Å². The van der Waals surface area contributed by atoms with Crippen molar-refractivity contribution < 1.29 is 15.0 Å². The Bertz CT molecular complexity index is 750. The fourth-order valence-corrected chi connectivity index (χ4v) is 7.31. The second-order valence-electron chi connectivity index (χ2n) is 16.2. The van der Waals surface area contributed by atoms with Crippen LogP contribution in [0.1, 0.15) is 258 Å². The van der Waals surface area contributed by atoms with Gasteiger partial charge in [-0.25, -0.2) is 0 Å². The predicted octanol–water partition coefficient (Wildman–Crippen LogP) is 14.8. The van der Waals surface area contributed by atoms with E-state index in [0.717, 1.165) is 32.1 Å². The summed E-state index contributed by atoms with van der Waals surface area (Å²) < 4.78 is 0. The number of aliphatic hydroxyl groups excluding tert-OH is 2. The number of unbranched alkanes of at least 4 members (excludes halogenated alkanes) is 34. The van der Waals surface area contributed by atoms with Gasteiger partial charge in [0.2, 0.25) is 5.91 Å². The first-order valence-corrected chi connectivity index (χ1v) is 23.6. The number of hydrogen-bond donors (Lipinski definition) is 3. The average molecular weight is 732 g/mol. The third-order valence-electron chi connectivity index (χ3n) is 10.9. The van der Waals surface area contributed by atoms with Crippen molar-refractivity contribution in [3.63, 3.8) is 0 Å². The number of amides is 1. The molecule has 1 amide bonds. The first-order valence-electron chi connectivity index (χ1n) is 23.6. The highest BCUT2D eigenvalue weighted by molar-refractivity contribution is 5.76. The van der Waals surface area contributed by atoms with Crippen molar-refractivity contribution in [3.8, 4) is 0 Å². The van der Waals surface area contributed by atoms with Gasteiger partial charge in [-0.3, -0.25) is 4.79 Å². The van der Waals surface area contributed by atoms with Gasteiger partial charge in [-0.2, -0.15) is 0 Å². The zero-order chi connectivity index (χ0) is 37.8. The van der Waals surface area contributed by atoms with Crippen LogP contribution in [0.5, 0.6) is 0 Å². The van der Waals surface area contributed by atoms with Crippen LogP contribution in [0.25, 0.3) is 0 Å². The number of hydrogen-bond acceptors (Lipinski definition) is 3. The molecule has 2 atom stereocenters. The fourth-order valence-electron chi connectivity index (χ4n) is 7.31. The number of carbonyl (C=O) groups excluding carboxylic acids is 1. The van der Waals surface area contributed by atoms with Gasteiger partial charge in [0.15, 0.2) is 0 Å². The van der Waals surface area contributed by atoms with Gasteiger partial charge in [0.1, 0.15) is 0 Å². The van der Waals surface area contributed by atoms with E-state index in [2.05, 4.69) is 31.3 Å². The minimum atomic E-state index is -0.856. The van der Waals surface area contributed by atoms with E-state index in [1.54, 1.807) is 6.08 Å². The molecule has 0 aromatic heterocycles. The van der Waals surface area contributed by atoms with Crippen LogP contribution in [0.4, 0.5) is 0 Å². The summed E-state index contributed by atoms with van der Waals surface area (Å²) in [5.74, 6) is -0.0716.